The lowest BCUT2D eigenvalue weighted by atomic mass is 10.1. The predicted molar refractivity (Wildman–Crippen MR) is 58.4 cm³/mol. The van der Waals surface area contributed by atoms with Crippen molar-refractivity contribution >= 4 is 5.97 Å². The summed E-state index contributed by atoms with van der Waals surface area (Å²) < 4.78 is 32.1. The molecule has 2 aliphatic carbocycles. The van der Waals surface area contributed by atoms with Gasteiger partial charge in [-0.05, 0) is 31.6 Å². The van der Waals surface area contributed by atoms with Gasteiger partial charge in [0.1, 0.15) is 12.2 Å². The first-order valence-corrected chi connectivity index (χ1v) is 6.15. The largest absolute Gasteiger partial charge is 0.465 e. The third-order valence-electron chi connectivity index (χ3n) is 3.67. The van der Waals surface area contributed by atoms with Crippen molar-refractivity contribution in [2.75, 3.05) is 6.61 Å². The van der Waals surface area contributed by atoms with Crippen LogP contribution in [0.25, 0.3) is 0 Å². The summed E-state index contributed by atoms with van der Waals surface area (Å²) in [7, 11) is 0. The molecular weight excluding hydrogens is 242 g/mol. The number of alkyl halides is 2. The van der Waals surface area contributed by atoms with Crippen LogP contribution in [0.2, 0.25) is 0 Å². The van der Waals surface area contributed by atoms with Crippen molar-refractivity contribution in [3.63, 3.8) is 0 Å². The van der Waals surface area contributed by atoms with Crippen LogP contribution < -0.4 is 0 Å². The summed E-state index contributed by atoms with van der Waals surface area (Å²) in [5.74, 6) is 0.313. The van der Waals surface area contributed by atoms with Gasteiger partial charge < -0.3 is 4.74 Å². The number of hydrogen-bond acceptors (Lipinski definition) is 3. The van der Waals surface area contributed by atoms with E-state index in [1.165, 1.54) is 4.68 Å². The molecule has 0 N–H and O–H groups in total. The lowest BCUT2D eigenvalue weighted by Crippen LogP contribution is -2.16. The first-order chi connectivity index (χ1) is 8.61. The first-order valence-electron chi connectivity index (χ1n) is 6.15. The number of halogens is 2. The van der Waals surface area contributed by atoms with Gasteiger partial charge in [-0.15, -0.1) is 0 Å². The molecular formula is C12H14F2N2O2. The number of rotatable bonds is 4. The second-order valence-electron chi connectivity index (χ2n) is 4.82. The average molecular weight is 256 g/mol. The van der Waals surface area contributed by atoms with Crippen molar-refractivity contribution in [1.29, 1.82) is 0 Å². The van der Waals surface area contributed by atoms with E-state index in [1.54, 1.807) is 6.92 Å². The van der Waals surface area contributed by atoms with Crippen LogP contribution in [-0.2, 0) is 22.5 Å². The lowest BCUT2D eigenvalue weighted by molar-refractivity contribution is -0.144. The van der Waals surface area contributed by atoms with Crippen LogP contribution in [0.1, 0.15) is 42.6 Å². The van der Waals surface area contributed by atoms with Crippen molar-refractivity contribution in [2.24, 2.45) is 5.92 Å². The van der Waals surface area contributed by atoms with Crippen LogP contribution in [-0.4, -0.2) is 22.4 Å². The summed E-state index contributed by atoms with van der Waals surface area (Å²) in [6, 6.07) is 0. The van der Waals surface area contributed by atoms with Crippen molar-refractivity contribution in [1.82, 2.24) is 9.78 Å². The summed E-state index contributed by atoms with van der Waals surface area (Å²) in [6.07, 6.45) is -0.821. The molecule has 98 valence electrons. The molecule has 0 radical (unpaired) electrons. The molecule has 6 heteroatoms. The van der Waals surface area contributed by atoms with E-state index in [9.17, 15) is 13.6 Å². The molecule has 4 nitrogen and oxygen atoms in total. The SMILES string of the molecule is CCOC(=O)Cn1nc(C(F)F)c2c1C[C@@H]1C[C@H]21. The molecule has 18 heavy (non-hydrogen) atoms. The molecule has 1 heterocycles. The maximum Gasteiger partial charge on any atom is 0.327 e. The van der Waals surface area contributed by atoms with E-state index in [0.29, 0.717) is 11.5 Å². The normalized spacial score (nSPS) is 24.0. The van der Waals surface area contributed by atoms with Gasteiger partial charge in [0, 0.05) is 11.3 Å². The Bertz CT molecular complexity index is 499. The molecule has 1 saturated carbocycles. The van der Waals surface area contributed by atoms with Crippen LogP contribution in [0.5, 0.6) is 0 Å². The summed E-state index contributed by atoms with van der Waals surface area (Å²) in [4.78, 5) is 11.4. The Labute approximate surface area is 103 Å². The minimum Gasteiger partial charge on any atom is -0.465 e. The minimum absolute atomic E-state index is 0.0671. The van der Waals surface area contributed by atoms with Gasteiger partial charge in [-0.25, -0.2) is 8.78 Å². The van der Waals surface area contributed by atoms with Crippen molar-refractivity contribution in [3.05, 3.63) is 17.0 Å². The number of esters is 1. The predicted octanol–water partition coefficient (Wildman–Crippen LogP) is 2.04. The van der Waals surface area contributed by atoms with E-state index >= 15 is 0 Å². The van der Waals surface area contributed by atoms with Crippen molar-refractivity contribution in [2.45, 2.75) is 38.7 Å². The quantitative estimate of drug-likeness (QED) is 0.774. The Morgan fingerprint density at radius 2 is 2.39 bits per heavy atom. The molecule has 0 unspecified atom stereocenters. The fourth-order valence-electron chi connectivity index (χ4n) is 2.85. The van der Waals surface area contributed by atoms with Crippen LogP contribution >= 0.6 is 0 Å². The molecule has 1 aromatic rings. The Hall–Kier alpha value is -1.46. The molecule has 0 amide bonds. The van der Waals surface area contributed by atoms with Crippen LogP contribution in [0.15, 0.2) is 0 Å². The van der Waals surface area contributed by atoms with Crippen molar-refractivity contribution < 1.29 is 18.3 Å². The maximum atomic E-state index is 12.9. The Balaban J connectivity index is 1.89. The molecule has 1 aromatic heterocycles. The van der Waals surface area contributed by atoms with Gasteiger partial charge in [0.15, 0.2) is 0 Å². The topological polar surface area (TPSA) is 44.1 Å². The third kappa shape index (κ3) is 1.71. The maximum absolute atomic E-state index is 12.9. The van der Waals surface area contributed by atoms with Crippen molar-refractivity contribution in [3.8, 4) is 0 Å². The summed E-state index contributed by atoms with van der Waals surface area (Å²) >= 11 is 0. The zero-order valence-corrected chi connectivity index (χ0v) is 10.0. The van der Waals surface area contributed by atoms with Crippen LogP contribution in [0, 0.1) is 5.92 Å². The standard InChI is InChI=1S/C12H14F2N2O2/c1-2-18-9(17)5-16-8-4-6-3-7(6)10(8)11(15-16)12(13)14/h6-7,12H,2-5H2,1H3/t6-,7-/m0/s1. The number of nitrogens with zero attached hydrogens (tertiary/aromatic N) is 2. The average Bonchev–Trinajstić information content (AvgIpc) is 2.82. The number of carbonyl (C=O) groups is 1. The molecule has 0 aliphatic heterocycles. The van der Waals surface area contributed by atoms with E-state index in [2.05, 4.69) is 5.10 Å². The van der Waals surface area contributed by atoms with Gasteiger partial charge in [0.05, 0.1) is 6.61 Å². The zero-order chi connectivity index (χ0) is 12.9. The first kappa shape index (κ1) is 11.6. The molecule has 0 spiro atoms. The Kier molecular flexibility index (Phi) is 2.60. The van der Waals surface area contributed by atoms with Crippen LogP contribution in [0.3, 0.4) is 0 Å². The second-order valence-corrected chi connectivity index (χ2v) is 4.82. The van der Waals surface area contributed by atoms with E-state index < -0.39 is 12.4 Å². The lowest BCUT2D eigenvalue weighted by Gasteiger charge is -2.05. The number of ether oxygens (including phenoxy) is 1. The molecule has 3 rings (SSSR count). The van der Waals surface area contributed by atoms with E-state index in [0.717, 1.165) is 18.5 Å². The number of aromatic nitrogens is 2. The highest BCUT2D eigenvalue weighted by molar-refractivity contribution is 5.69. The van der Waals surface area contributed by atoms with Gasteiger partial charge in [-0.3, -0.25) is 9.48 Å². The molecule has 0 saturated heterocycles. The number of fused-ring (bicyclic) bond motifs is 3. The second kappa shape index (κ2) is 4.03. The van der Waals surface area contributed by atoms with Gasteiger partial charge in [-0.1, -0.05) is 0 Å². The highest BCUT2D eigenvalue weighted by atomic mass is 19.3. The van der Waals surface area contributed by atoms with E-state index in [1.807, 2.05) is 0 Å². The molecule has 1 fully saturated rings. The minimum atomic E-state index is -2.57. The number of carbonyl (C=O) groups excluding carboxylic acids is 1. The molecule has 2 aliphatic rings. The Morgan fingerprint density at radius 3 is 3.06 bits per heavy atom. The highest BCUT2D eigenvalue weighted by Gasteiger charge is 2.50. The highest BCUT2D eigenvalue weighted by Crippen LogP contribution is 2.58. The van der Waals surface area contributed by atoms with Gasteiger partial charge >= 0.3 is 5.97 Å². The zero-order valence-electron chi connectivity index (χ0n) is 10.0. The van der Waals surface area contributed by atoms with Gasteiger partial charge in [0.25, 0.3) is 6.43 Å². The molecule has 0 aromatic carbocycles. The van der Waals surface area contributed by atoms with Gasteiger partial charge in [-0.2, -0.15) is 5.10 Å². The molecule has 0 bridgehead atoms. The monoisotopic (exact) mass is 256 g/mol. The fourth-order valence-corrected chi connectivity index (χ4v) is 2.85. The Morgan fingerprint density at radius 1 is 1.61 bits per heavy atom. The van der Waals surface area contributed by atoms with Gasteiger partial charge in [0.2, 0.25) is 0 Å². The summed E-state index contributed by atoms with van der Waals surface area (Å²) in [6.45, 7) is 1.93. The molecule has 2 atom stereocenters. The summed E-state index contributed by atoms with van der Waals surface area (Å²) in [5, 5.41) is 3.90. The number of hydrogen-bond donors (Lipinski definition) is 0. The van der Waals surface area contributed by atoms with Crippen LogP contribution in [0.4, 0.5) is 8.78 Å². The van der Waals surface area contributed by atoms with E-state index in [4.69, 9.17) is 4.74 Å². The summed E-state index contributed by atoms with van der Waals surface area (Å²) in [5.41, 5.74) is 1.36. The van der Waals surface area contributed by atoms with E-state index in [-0.39, 0.29) is 24.8 Å². The smallest absolute Gasteiger partial charge is 0.327 e. The third-order valence-corrected chi connectivity index (χ3v) is 3.67. The fraction of sp³-hybridized carbons (Fsp3) is 0.667.